The first-order valence-corrected chi connectivity index (χ1v) is 4.67. The van der Waals surface area contributed by atoms with Gasteiger partial charge in [-0.15, -0.1) is 0 Å². The number of ketones is 1. The second-order valence-electron chi connectivity index (χ2n) is 3.98. The van der Waals surface area contributed by atoms with Gasteiger partial charge in [0.1, 0.15) is 11.5 Å². The van der Waals surface area contributed by atoms with Gasteiger partial charge in [-0.1, -0.05) is 0 Å². The van der Waals surface area contributed by atoms with Crippen molar-refractivity contribution in [3.63, 3.8) is 0 Å². The second-order valence-corrected chi connectivity index (χ2v) is 3.98. The summed E-state index contributed by atoms with van der Waals surface area (Å²) in [5, 5.41) is 0. The Bertz CT molecular complexity index is 303. The smallest absolute Gasteiger partial charge is 0.150 e. The van der Waals surface area contributed by atoms with Crippen LogP contribution in [0.4, 0.5) is 0 Å². The van der Waals surface area contributed by atoms with Crippen molar-refractivity contribution in [2.24, 2.45) is 0 Å². The van der Waals surface area contributed by atoms with Crippen LogP contribution in [0, 0.1) is 0 Å². The van der Waals surface area contributed by atoms with E-state index in [4.69, 9.17) is 4.42 Å². The van der Waals surface area contributed by atoms with E-state index < -0.39 is 5.54 Å². The number of Topliss-reactive ketones (excluding diaryl/α,β-unsaturated/α-hetero) is 1. The molecule has 0 spiro atoms. The van der Waals surface area contributed by atoms with E-state index in [1.807, 2.05) is 38.1 Å². The monoisotopic (exact) mass is 195 g/mol. The highest BCUT2D eigenvalue weighted by atomic mass is 16.3. The maximum Gasteiger partial charge on any atom is 0.150 e. The standard InChI is InChI=1S/C11H17NO2/c1-9(13)11(2,12(3)4)8-10-6-5-7-14-10/h5-7H,8H2,1-4H3. The molecule has 0 saturated carbocycles. The Kier molecular flexibility index (Phi) is 3.11. The molecule has 0 amide bonds. The van der Waals surface area contributed by atoms with E-state index in [-0.39, 0.29) is 5.78 Å². The van der Waals surface area contributed by atoms with Crippen LogP contribution in [0.15, 0.2) is 22.8 Å². The van der Waals surface area contributed by atoms with E-state index in [0.29, 0.717) is 6.42 Å². The third-order valence-electron chi connectivity index (χ3n) is 2.84. The molecule has 0 aromatic carbocycles. The molecule has 0 saturated heterocycles. The van der Waals surface area contributed by atoms with Crippen LogP contribution >= 0.6 is 0 Å². The lowest BCUT2D eigenvalue weighted by molar-refractivity contribution is -0.126. The third-order valence-corrected chi connectivity index (χ3v) is 2.84. The molecule has 1 unspecified atom stereocenters. The van der Waals surface area contributed by atoms with Gasteiger partial charge in [-0.2, -0.15) is 0 Å². The van der Waals surface area contributed by atoms with E-state index in [1.165, 1.54) is 0 Å². The number of furan rings is 1. The Morgan fingerprint density at radius 2 is 2.21 bits per heavy atom. The highest BCUT2D eigenvalue weighted by Gasteiger charge is 2.33. The van der Waals surface area contributed by atoms with Crippen LogP contribution in [0.3, 0.4) is 0 Å². The Morgan fingerprint density at radius 1 is 1.57 bits per heavy atom. The molecule has 1 heterocycles. The number of rotatable bonds is 4. The molecule has 78 valence electrons. The number of carbonyl (C=O) groups excluding carboxylic acids is 1. The fourth-order valence-electron chi connectivity index (χ4n) is 1.35. The maximum atomic E-state index is 11.6. The lowest BCUT2D eigenvalue weighted by Crippen LogP contribution is -2.49. The van der Waals surface area contributed by atoms with E-state index in [2.05, 4.69) is 0 Å². The molecular formula is C11H17NO2. The first-order valence-electron chi connectivity index (χ1n) is 4.67. The fraction of sp³-hybridized carbons (Fsp3) is 0.545. The van der Waals surface area contributed by atoms with Gasteiger partial charge in [-0.05, 0) is 40.1 Å². The maximum absolute atomic E-state index is 11.6. The SMILES string of the molecule is CC(=O)C(C)(Cc1ccco1)N(C)C. The first-order chi connectivity index (χ1) is 6.47. The average molecular weight is 195 g/mol. The molecule has 14 heavy (non-hydrogen) atoms. The summed E-state index contributed by atoms with van der Waals surface area (Å²) in [6.07, 6.45) is 2.24. The molecule has 1 aromatic rings. The fourth-order valence-corrected chi connectivity index (χ4v) is 1.35. The molecule has 1 rings (SSSR count). The minimum Gasteiger partial charge on any atom is -0.469 e. The van der Waals surface area contributed by atoms with Crippen molar-refractivity contribution in [3.05, 3.63) is 24.2 Å². The van der Waals surface area contributed by atoms with Crippen molar-refractivity contribution in [3.8, 4) is 0 Å². The Morgan fingerprint density at radius 3 is 2.57 bits per heavy atom. The quantitative estimate of drug-likeness (QED) is 0.733. The number of hydrogen-bond donors (Lipinski definition) is 0. The summed E-state index contributed by atoms with van der Waals surface area (Å²) < 4.78 is 5.25. The van der Waals surface area contributed by atoms with E-state index in [9.17, 15) is 4.79 Å². The minimum atomic E-state index is -0.474. The van der Waals surface area contributed by atoms with Crippen LogP contribution in [0.2, 0.25) is 0 Å². The normalized spacial score (nSPS) is 15.5. The molecule has 0 fully saturated rings. The summed E-state index contributed by atoms with van der Waals surface area (Å²) in [4.78, 5) is 13.5. The predicted octanol–water partition coefficient (Wildman–Crippen LogP) is 1.73. The van der Waals surface area contributed by atoms with Crippen LogP contribution in [0.5, 0.6) is 0 Å². The predicted molar refractivity (Wildman–Crippen MR) is 55.2 cm³/mol. The second kappa shape index (κ2) is 3.96. The summed E-state index contributed by atoms with van der Waals surface area (Å²) in [6, 6.07) is 3.73. The highest BCUT2D eigenvalue weighted by molar-refractivity contribution is 5.85. The summed E-state index contributed by atoms with van der Waals surface area (Å²) in [7, 11) is 3.81. The first kappa shape index (κ1) is 11.0. The lowest BCUT2D eigenvalue weighted by atomic mass is 9.91. The summed E-state index contributed by atoms with van der Waals surface area (Å²) in [5.41, 5.74) is -0.474. The molecule has 0 aliphatic carbocycles. The zero-order valence-electron chi connectivity index (χ0n) is 9.20. The van der Waals surface area contributed by atoms with E-state index in [0.717, 1.165) is 5.76 Å². The van der Waals surface area contributed by atoms with E-state index in [1.54, 1.807) is 13.2 Å². The van der Waals surface area contributed by atoms with Crippen LogP contribution in [0.25, 0.3) is 0 Å². The van der Waals surface area contributed by atoms with Crippen molar-refractivity contribution in [1.82, 2.24) is 4.90 Å². The summed E-state index contributed by atoms with van der Waals surface area (Å²) in [6.45, 7) is 3.54. The Balaban J connectivity index is 2.85. The van der Waals surface area contributed by atoms with Gasteiger partial charge in [-0.3, -0.25) is 9.69 Å². The van der Waals surface area contributed by atoms with Gasteiger partial charge < -0.3 is 4.42 Å². The van der Waals surface area contributed by atoms with Gasteiger partial charge in [0.05, 0.1) is 11.8 Å². The van der Waals surface area contributed by atoms with Crippen LogP contribution in [-0.2, 0) is 11.2 Å². The summed E-state index contributed by atoms with van der Waals surface area (Å²) in [5.74, 6) is 0.996. The minimum absolute atomic E-state index is 0.152. The molecule has 3 heteroatoms. The van der Waals surface area contributed by atoms with Crippen molar-refractivity contribution in [2.75, 3.05) is 14.1 Å². The molecule has 0 radical (unpaired) electrons. The summed E-state index contributed by atoms with van der Waals surface area (Å²) >= 11 is 0. The molecular weight excluding hydrogens is 178 g/mol. The number of nitrogens with zero attached hydrogens (tertiary/aromatic N) is 1. The zero-order valence-corrected chi connectivity index (χ0v) is 9.20. The van der Waals surface area contributed by atoms with Crippen LogP contribution in [0.1, 0.15) is 19.6 Å². The van der Waals surface area contributed by atoms with Gasteiger partial charge in [0.15, 0.2) is 0 Å². The molecule has 0 N–H and O–H groups in total. The van der Waals surface area contributed by atoms with Crippen LogP contribution < -0.4 is 0 Å². The van der Waals surface area contributed by atoms with Gasteiger partial charge in [0.2, 0.25) is 0 Å². The molecule has 0 bridgehead atoms. The van der Waals surface area contributed by atoms with Gasteiger partial charge in [-0.25, -0.2) is 0 Å². The highest BCUT2D eigenvalue weighted by Crippen LogP contribution is 2.19. The number of carbonyl (C=O) groups is 1. The molecule has 3 nitrogen and oxygen atoms in total. The van der Waals surface area contributed by atoms with Crippen molar-refractivity contribution in [2.45, 2.75) is 25.8 Å². The number of likely N-dealkylation sites (N-methyl/N-ethyl adjacent to an activating group) is 1. The van der Waals surface area contributed by atoms with Crippen molar-refractivity contribution in [1.29, 1.82) is 0 Å². The molecule has 1 aromatic heterocycles. The largest absolute Gasteiger partial charge is 0.469 e. The van der Waals surface area contributed by atoms with Crippen molar-refractivity contribution >= 4 is 5.78 Å². The Labute approximate surface area is 84.7 Å². The van der Waals surface area contributed by atoms with Gasteiger partial charge in [0.25, 0.3) is 0 Å². The lowest BCUT2D eigenvalue weighted by Gasteiger charge is -2.33. The van der Waals surface area contributed by atoms with E-state index >= 15 is 0 Å². The molecule has 1 atom stereocenters. The van der Waals surface area contributed by atoms with Crippen molar-refractivity contribution < 1.29 is 9.21 Å². The zero-order chi connectivity index (χ0) is 10.8. The van der Waals surface area contributed by atoms with Crippen LogP contribution in [-0.4, -0.2) is 30.3 Å². The van der Waals surface area contributed by atoms with Gasteiger partial charge in [0, 0.05) is 6.42 Å². The van der Waals surface area contributed by atoms with Gasteiger partial charge >= 0.3 is 0 Å². The Hall–Kier alpha value is -1.09. The molecule has 0 aliphatic heterocycles. The average Bonchev–Trinajstić information content (AvgIpc) is 2.55. The topological polar surface area (TPSA) is 33.5 Å². The molecule has 0 aliphatic rings. The number of hydrogen-bond acceptors (Lipinski definition) is 3. The third kappa shape index (κ3) is 2.04.